The number of aryl methyl sites for hydroxylation is 1. The molecule has 2 fully saturated rings. The van der Waals surface area contributed by atoms with Gasteiger partial charge in [0.2, 0.25) is 0 Å². The van der Waals surface area contributed by atoms with Crippen LogP contribution in [0.5, 0.6) is 0 Å². The number of anilines is 1. The van der Waals surface area contributed by atoms with Crippen molar-refractivity contribution in [3.05, 3.63) is 29.8 Å². The van der Waals surface area contributed by atoms with Gasteiger partial charge in [-0.3, -0.25) is 4.90 Å². The Labute approximate surface area is 134 Å². The van der Waals surface area contributed by atoms with E-state index in [1.54, 1.807) is 0 Å². The molecule has 122 valence electrons. The summed E-state index contributed by atoms with van der Waals surface area (Å²) in [5.41, 5.74) is 2.58. The number of piperazine rings is 1. The Morgan fingerprint density at radius 2 is 1.86 bits per heavy atom. The van der Waals surface area contributed by atoms with E-state index in [4.69, 9.17) is 0 Å². The molecule has 2 saturated heterocycles. The minimum atomic E-state index is 0.257. The molecule has 1 unspecified atom stereocenters. The maximum absolute atomic E-state index is 9.82. The fraction of sp³-hybridized carbons (Fsp3) is 0.667. The molecule has 1 aromatic rings. The smallest absolute Gasteiger partial charge is 0.0604 e. The van der Waals surface area contributed by atoms with E-state index in [1.807, 2.05) is 0 Å². The Morgan fingerprint density at radius 1 is 1.14 bits per heavy atom. The molecule has 22 heavy (non-hydrogen) atoms. The van der Waals surface area contributed by atoms with Crippen molar-refractivity contribution in [3.63, 3.8) is 0 Å². The maximum atomic E-state index is 9.82. The van der Waals surface area contributed by atoms with Gasteiger partial charge in [0.25, 0.3) is 0 Å². The Morgan fingerprint density at radius 3 is 2.55 bits per heavy atom. The molecule has 0 saturated carbocycles. The van der Waals surface area contributed by atoms with Gasteiger partial charge >= 0.3 is 0 Å². The summed E-state index contributed by atoms with van der Waals surface area (Å²) in [5.74, 6) is 0.793. The molecule has 2 heterocycles. The van der Waals surface area contributed by atoms with Crippen LogP contribution in [0.4, 0.5) is 5.69 Å². The van der Waals surface area contributed by atoms with E-state index in [0.717, 1.165) is 45.2 Å². The highest BCUT2D eigenvalue weighted by atomic mass is 16.3. The molecule has 0 aromatic heterocycles. The van der Waals surface area contributed by atoms with Gasteiger partial charge in [-0.25, -0.2) is 0 Å². The SMILES string of the molecule is Cc1ccc(N2CCN(CC3CCNCC3)C(CO)C2)cc1. The van der Waals surface area contributed by atoms with Crippen LogP contribution in [-0.4, -0.2) is 61.9 Å². The fourth-order valence-electron chi connectivity index (χ4n) is 3.69. The second-order valence-corrected chi connectivity index (χ2v) is 6.81. The molecule has 4 heteroatoms. The van der Waals surface area contributed by atoms with Gasteiger partial charge in [-0.05, 0) is 50.9 Å². The first-order valence-corrected chi connectivity index (χ1v) is 8.63. The second-order valence-electron chi connectivity index (χ2n) is 6.81. The summed E-state index contributed by atoms with van der Waals surface area (Å²) in [7, 11) is 0. The minimum absolute atomic E-state index is 0.257. The third-order valence-corrected chi connectivity index (χ3v) is 5.17. The fourth-order valence-corrected chi connectivity index (χ4v) is 3.69. The van der Waals surface area contributed by atoms with E-state index in [-0.39, 0.29) is 12.6 Å². The first kappa shape index (κ1) is 15.8. The average molecular weight is 303 g/mol. The number of benzene rings is 1. The molecule has 1 atom stereocenters. The summed E-state index contributed by atoms with van der Waals surface area (Å²) in [6.07, 6.45) is 2.55. The summed E-state index contributed by atoms with van der Waals surface area (Å²) < 4.78 is 0. The van der Waals surface area contributed by atoms with Gasteiger partial charge in [-0.2, -0.15) is 0 Å². The normalized spacial score (nSPS) is 24.6. The lowest BCUT2D eigenvalue weighted by atomic mass is 9.96. The van der Waals surface area contributed by atoms with E-state index in [2.05, 4.69) is 46.3 Å². The van der Waals surface area contributed by atoms with Crippen molar-refractivity contribution < 1.29 is 5.11 Å². The Bertz CT molecular complexity index is 456. The zero-order valence-corrected chi connectivity index (χ0v) is 13.7. The number of rotatable bonds is 4. The molecule has 0 amide bonds. The summed E-state index contributed by atoms with van der Waals surface area (Å²) in [6.45, 7) is 8.88. The van der Waals surface area contributed by atoms with Crippen molar-refractivity contribution >= 4 is 5.69 Å². The van der Waals surface area contributed by atoms with Gasteiger partial charge in [0, 0.05) is 31.9 Å². The summed E-state index contributed by atoms with van der Waals surface area (Å²) in [4.78, 5) is 4.93. The van der Waals surface area contributed by atoms with E-state index in [0.29, 0.717) is 0 Å². The molecule has 0 spiro atoms. The molecular weight excluding hydrogens is 274 g/mol. The largest absolute Gasteiger partial charge is 0.395 e. The number of aliphatic hydroxyl groups is 1. The van der Waals surface area contributed by atoms with E-state index >= 15 is 0 Å². The molecule has 0 aliphatic carbocycles. The highest BCUT2D eigenvalue weighted by Crippen LogP contribution is 2.22. The predicted molar refractivity (Wildman–Crippen MR) is 91.4 cm³/mol. The summed E-state index contributed by atoms with van der Waals surface area (Å²) in [5, 5.41) is 13.3. The van der Waals surface area contributed by atoms with Crippen LogP contribution in [0.3, 0.4) is 0 Å². The Hall–Kier alpha value is -1.10. The van der Waals surface area contributed by atoms with Crippen LogP contribution in [0.25, 0.3) is 0 Å². The van der Waals surface area contributed by atoms with Crippen molar-refractivity contribution in [2.45, 2.75) is 25.8 Å². The Balaban J connectivity index is 1.59. The first-order valence-electron chi connectivity index (χ1n) is 8.63. The van der Waals surface area contributed by atoms with Crippen LogP contribution in [0.15, 0.2) is 24.3 Å². The number of piperidine rings is 1. The van der Waals surface area contributed by atoms with Gasteiger partial charge in [-0.1, -0.05) is 17.7 Å². The highest BCUT2D eigenvalue weighted by molar-refractivity contribution is 5.48. The van der Waals surface area contributed by atoms with Crippen LogP contribution in [-0.2, 0) is 0 Å². The molecule has 2 N–H and O–H groups in total. The summed E-state index contributed by atoms with van der Waals surface area (Å²) >= 11 is 0. The third-order valence-electron chi connectivity index (χ3n) is 5.17. The summed E-state index contributed by atoms with van der Waals surface area (Å²) in [6, 6.07) is 9.01. The second kappa shape index (κ2) is 7.44. The molecular formula is C18H29N3O. The monoisotopic (exact) mass is 303 g/mol. The third kappa shape index (κ3) is 3.80. The lowest BCUT2D eigenvalue weighted by Gasteiger charge is -2.43. The number of hydrogen-bond acceptors (Lipinski definition) is 4. The lowest BCUT2D eigenvalue weighted by molar-refractivity contribution is 0.0896. The number of nitrogens with one attached hydrogen (secondary N) is 1. The molecule has 2 aliphatic heterocycles. The highest BCUT2D eigenvalue weighted by Gasteiger charge is 2.28. The molecule has 0 radical (unpaired) electrons. The molecule has 4 nitrogen and oxygen atoms in total. The minimum Gasteiger partial charge on any atom is -0.395 e. The van der Waals surface area contributed by atoms with Gasteiger partial charge < -0.3 is 15.3 Å². The topological polar surface area (TPSA) is 38.7 Å². The molecule has 1 aromatic carbocycles. The van der Waals surface area contributed by atoms with Crippen LogP contribution in [0.1, 0.15) is 18.4 Å². The van der Waals surface area contributed by atoms with Crippen molar-refractivity contribution in [2.75, 3.05) is 50.8 Å². The van der Waals surface area contributed by atoms with Gasteiger partial charge in [0.1, 0.15) is 0 Å². The van der Waals surface area contributed by atoms with E-state index in [1.165, 1.54) is 24.1 Å². The molecule has 2 aliphatic rings. The van der Waals surface area contributed by atoms with Crippen molar-refractivity contribution in [1.82, 2.24) is 10.2 Å². The quantitative estimate of drug-likeness (QED) is 0.884. The Kier molecular flexibility index (Phi) is 5.34. The van der Waals surface area contributed by atoms with E-state index in [9.17, 15) is 5.11 Å². The van der Waals surface area contributed by atoms with Gasteiger partial charge in [0.15, 0.2) is 0 Å². The van der Waals surface area contributed by atoms with Gasteiger partial charge in [0.05, 0.1) is 12.6 Å². The zero-order chi connectivity index (χ0) is 15.4. The van der Waals surface area contributed by atoms with Crippen molar-refractivity contribution in [3.8, 4) is 0 Å². The standard InChI is InChI=1S/C18H29N3O/c1-15-2-4-17(5-3-15)21-11-10-20(18(13-21)14-22)12-16-6-8-19-9-7-16/h2-5,16,18-19,22H,6-14H2,1H3. The first-order chi connectivity index (χ1) is 10.8. The van der Waals surface area contributed by atoms with Crippen LogP contribution in [0, 0.1) is 12.8 Å². The number of hydrogen-bond donors (Lipinski definition) is 2. The number of aliphatic hydroxyl groups excluding tert-OH is 1. The predicted octanol–water partition coefficient (Wildman–Crippen LogP) is 1.48. The number of nitrogens with zero attached hydrogens (tertiary/aromatic N) is 2. The van der Waals surface area contributed by atoms with Gasteiger partial charge in [-0.15, -0.1) is 0 Å². The zero-order valence-electron chi connectivity index (χ0n) is 13.7. The lowest BCUT2D eigenvalue weighted by Crippen LogP contribution is -2.56. The van der Waals surface area contributed by atoms with Crippen molar-refractivity contribution in [2.24, 2.45) is 5.92 Å². The van der Waals surface area contributed by atoms with Crippen LogP contribution in [0.2, 0.25) is 0 Å². The van der Waals surface area contributed by atoms with E-state index < -0.39 is 0 Å². The maximum Gasteiger partial charge on any atom is 0.0604 e. The van der Waals surface area contributed by atoms with Crippen LogP contribution >= 0.6 is 0 Å². The average Bonchev–Trinajstić information content (AvgIpc) is 2.57. The molecule has 3 rings (SSSR count). The van der Waals surface area contributed by atoms with Crippen molar-refractivity contribution in [1.29, 1.82) is 0 Å². The molecule has 0 bridgehead atoms. The van der Waals surface area contributed by atoms with Crippen LogP contribution < -0.4 is 10.2 Å².